The van der Waals surface area contributed by atoms with Crippen LogP contribution in [0.15, 0.2) is 0 Å². The first kappa shape index (κ1) is 11.3. The molecule has 0 aromatic heterocycles. The van der Waals surface area contributed by atoms with Crippen LogP contribution < -0.4 is 5.32 Å². The van der Waals surface area contributed by atoms with Gasteiger partial charge in [-0.15, -0.1) is 0 Å². The number of nitrogens with zero attached hydrogens (tertiary/aromatic N) is 1. The SMILES string of the molecule is COCCCCNC(=O)N1CCCC1. The molecule has 82 valence electrons. The Morgan fingerprint density at radius 1 is 1.36 bits per heavy atom. The van der Waals surface area contributed by atoms with E-state index in [0.29, 0.717) is 0 Å². The first-order valence-corrected chi connectivity index (χ1v) is 5.36. The van der Waals surface area contributed by atoms with Gasteiger partial charge in [-0.05, 0) is 25.7 Å². The van der Waals surface area contributed by atoms with E-state index >= 15 is 0 Å². The van der Waals surface area contributed by atoms with Gasteiger partial charge in [0.25, 0.3) is 0 Å². The molecule has 4 heteroatoms. The highest BCUT2D eigenvalue weighted by Crippen LogP contribution is 2.06. The molecular weight excluding hydrogens is 180 g/mol. The standard InChI is InChI=1S/C10H20N2O2/c1-14-9-5-2-6-11-10(13)12-7-3-4-8-12/h2-9H2,1H3,(H,11,13). The Morgan fingerprint density at radius 3 is 2.71 bits per heavy atom. The van der Waals surface area contributed by atoms with Crippen LogP contribution in [0.25, 0.3) is 0 Å². The maximum Gasteiger partial charge on any atom is 0.317 e. The molecule has 0 aromatic rings. The summed E-state index contributed by atoms with van der Waals surface area (Å²) in [5.41, 5.74) is 0. The fraction of sp³-hybridized carbons (Fsp3) is 0.900. The predicted molar refractivity (Wildman–Crippen MR) is 55.3 cm³/mol. The fourth-order valence-corrected chi connectivity index (χ4v) is 1.60. The van der Waals surface area contributed by atoms with Crippen LogP contribution in [0.3, 0.4) is 0 Å². The number of amides is 2. The van der Waals surface area contributed by atoms with Gasteiger partial charge >= 0.3 is 6.03 Å². The van der Waals surface area contributed by atoms with E-state index in [9.17, 15) is 4.79 Å². The molecule has 1 aliphatic heterocycles. The number of hydrogen-bond donors (Lipinski definition) is 1. The summed E-state index contributed by atoms with van der Waals surface area (Å²) in [6, 6.07) is 0.0971. The first-order valence-electron chi connectivity index (χ1n) is 5.36. The van der Waals surface area contributed by atoms with Gasteiger partial charge in [-0.2, -0.15) is 0 Å². The van der Waals surface area contributed by atoms with Gasteiger partial charge in [0.05, 0.1) is 0 Å². The highest BCUT2D eigenvalue weighted by atomic mass is 16.5. The molecule has 14 heavy (non-hydrogen) atoms. The zero-order valence-corrected chi connectivity index (χ0v) is 8.92. The Kier molecular flexibility index (Phi) is 5.37. The smallest absolute Gasteiger partial charge is 0.317 e. The third-order valence-corrected chi connectivity index (χ3v) is 2.44. The highest BCUT2D eigenvalue weighted by Gasteiger charge is 2.16. The lowest BCUT2D eigenvalue weighted by molar-refractivity contribution is 0.190. The molecule has 0 atom stereocenters. The van der Waals surface area contributed by atoms with E-state index in [0.717, 1.165) is 51.9 Å². The number of carbonyl (C=O) groups is 1. The Bertz CT molecular complexity index is 168. The van der Waals surface area contributed by atoms with E-state index in [2.05, 4.69) is 5.32 Å². The lowest BCUT2D eigenvalue weighted by atomic mass is 10.3. The van der Waals surface area contributed by atoms with Gasteiger partial charge in [0.2, 0.25) is 0 Å². The molecule has 0 bridgehead atoms. The summed E-state index contributed by atoms with van der Waals surface area (Å²) in [6.45, 7) is 3.38. The van der Waals surface area contributed by atoms with Gasteiger partial charge in [0.1, 0.15) is 0 Å². The van der Waals surface area contributed by atoms with Crippen LogP contribution in [0.1, 0.15) is 25.7 Å². The van der Waals surface area contributed by atoms with Crippen molar-refractivity contribution in [1.82, 2.24) is 10.2 Å². The molecule has 0 spiro atoms. The summed E-state index contributed by atoms with van der Waals surface area (Å²) in [5.74, 6) is 0. The topological polar surface area (TPSA) is 41.6 Å². The van der Waals surface area contributed by atoms with Gasteiger partial charge in [-0.1, -0.05) is 0 Å². The molecule has 4 nitrogen and oxygen atoms in total. The molecule has 0 aliphatic carbocycles. The number of ether oxygens (including phenoxy) is 1. The van der Waals surface area contributed by atoms with Crippen molar-refractivity contribution in [2.24, 2.45) is 0 Å². The van der Waals surface area contributed by atoms with Gasteiger partial charge in [0, 0.05) is 33.4 Å². The van der Waals surface area contributed by atoms with Gasteiger partial charge < -0.3 is 15.0 Å². The van der Waals surface area contributed by atoms with Crippen LogP contribution in [0.2, 0.25) is 0 Å². The summed E-state index contributed by atoms with van der Waals surface area (Å²) in [5, 5.41) is 2.91. The van der Waals surface area contributed by atoms with Crippen LogP contribution in [0, 0.1) is 0 Å². The van der Waals surface area contributed by atoms with Crippen LogP contribution in [0.5, 0.6) is 0 Å². The van der Waals surface area contributed by atoms with Crippen molar-refractivity contribution >= 4 is 6.03 Å². The summed E-state index contributed by atoms with van der Waals surface area (Å²) in [4.78, 5) is 13.3. The first-order chi connectivity index (χ1) is 6.84. The zero-order chi connectivity index (χ0) is 10.2. The second kappa shape index (κ2) is 6.65. The summed E-state index contributed by atoms with van der Waals surface area (Å²) in [6.07, 6.45) is 4.30. The normalized spacial score (nSPS) is 15.9. The molecule has 1 saturated heterocycles. The molecule has 1 N–H and O–H groups in total. The van der Waals surface area contributed by atoms with E-state index < -0.39 is 0 Å². The van der Waals surface area contributed by atoms with Crippen molar-refractivity contribution in [3.05, 3.63) is 0 Å². The lowest BCUT2D eigenvalue weighted by Gasteiger charge is -2.15. The number of rotatable bonds is 5. The van der Waals surface area contributed by atoms with Gasteiger partial charge in [-0.25, -0.2) is 4.79 Å². The van der Waals surface area contributed by atoms with Crippen LogP contribution in [-0.4, -0.2) is 44.3 Å². The lowest BCUT2D eigenvalue weighted by Crippen LogP contribution is -2.38. The largest absolute Gasteiger partial charge is 0.385 e. The molecular formula is C10H20N2O2. The minimum absolute atomic E-state index is 0.0971. The van der Waals surface area contributed by atoms with E-state index in [1.54, 1.807) is 7.11 Å². The number of unbranched alkanes of at least 4 members (excludes halogenated alkanes) is 1. The Morgan fingerprint density at radius 2 is 2.07 bits per heavy atom. The number of methoxy groups -OCH3 is 1. The van der Waals surface area contributed by atoms with Crippen LogP contribution in [0.4, 0.5) is 4.79 Å². The molecule has 1 aliphatic rings. The predicted octanol–water partition coefficient (Wildman–Crippen LogP) is 1.22. The fourth-order valence-electron chi connectivity index (χ4n) is 1.60. The average molecular weight is 200 g/mol. The van der Waals surface area contributed by atoms with Crippen molar-refractivity contribution in [3.8, 4) is 0 Å². The molecule has 1 rings (SSSR count). The number of nitrogens with one attached hydrogen (secondary N) is 1. The number of hydrogen-bond acceptors (Lipinski definition) is 2. The van der Waals surface area contributed by atoms with Gasteiger partial charge in [-0.3, -0.25) is 0 Å². The van der Waals surface area contributed by atoms with Gasteiger partial charge in [0.15, 0.2) is 0 Å². The number of carbonyl (C=O) groups excluding carboxylic acids is 1. The molecule has 0 radical (unpaired) electrons. The Balaban J connectivity index is 1.97. The maximum absolute atomic E-state index is 11.5. The Labute approximate surface area is 85.6 Å². The minimum atomic E-state index is 0.0971. The molecule has 0 aromatic carbocycles. The Hall–Kier alpha value is -0.770. The molecule has 1 fully saturated rings. The second-order valence-electron chi connectivity index (χ2n) is 3.63. The van der Waals surface area contributed by atoms with Crippen LogP contribution >= 0.6 is 0 Å². The average Bonchev–Trinajstić information content (AvgIpc) is 2.70. The van der Waals surface area contributed by atoms with Crippen molar-refractivity contribution in [3.63, 3.8) is 0 Å². The van der Waals surface area contributed by atoms with Crippen molar-refractivity contribution in [2.75, 3.05) is 33.4 Å². The zero-order valence-electron chi connectivity index (χ0n) is 8.92. The van der Waals surface area contributed by atoms with E-state index in [-0.39, 0.29) is 6.03 Å². The summed E-state index contributed by atoms with van der Waals surface area (Å²) in [7, 11) is 1.70. The molecule has 0 unspecified atom stereocenters. The number of likely N-dealkylation sites (tertiary alicyclic amines) is 1. The quantitative estimate of drug-likeness (QED) is 0.678. The monoisotopic (exact) mass is 200 g/mol. The van der Waals surface area contributed by atoms with E-state index in [1.807, 2.05) is 4.90 Å². The van der Waals surface area contributed by atoms with Crippen molar-refractivity contribution < 1.29 is 9.53 Å². The maximum atomic E-state index is 11.5. The van der Waals surface area contributed by atoms with Crippen LogP contribution in [-0.2, 0) is 4.74 Å². The van der Waals surface area contributed by atoms with Crippen molar-refractivity contribution in [1.29, 1.82) is 0 Å². The summed E-state index contributed by atoms with van der Waals surface area (Å²) < 4.78 is 4.93. The van der Waals surface area contributed by atoms with E-state index in [4.69, 9.17) is 4.74 Å². The van der Waals surface area contributed by atoms with Crippen molar-refractivity contribution in [2.45, 2.75) is 25.7 Å². The second-order valence-corrected chi connectivity index (χ2v) is 3.63. The molecule has 2 amide bonds. The van der Waals surface area contributed by atoms with E-state index in [1.165, 1.54) is 0 Å². The third kappa shape index (κ3) is 3.96. The summed E-state index contributed by atoms with van der Waals surface area (Å²) >= 11 is 0. The molecule has 0 saturated carbocycles. The molecule has 1 heterocycles. The third-order valence-electron chi connectivity index (χ3n) is 2.44. The minimum Gasteiger partial charge on any atom is -0.385 e. The number of urea groups is 1. The highest BCUT2D eigenvalue weighted by molar-refractivity contribution is 5.74.